The monoisotopic (exact) mass is 308 g/mol. The highest BCUT2D eigenvalue weighted by Gasteiger charge is 2.39. The standard InChI is InChI=1S/C14H20N4O4/c1-17(8-11-15-14(21)22-16-11)13(20)9-6-12(19)18(7-9)10-4-2-3-5-10/h9-10H,2-8H2,1H3,(H,15,16,21). The maximum atomic E-state index is 12.5. The second-order valence-electron chi connectivity index (χ2n) is 6.12. The second kappa shape index (κ2) is 5.94. The van der Waals surface area contributed by atoms with Gasteiger partial charge in [-0.15, -0.1) is 0 Å². The van der Waals surface area contributed by atoms with Crippen molar-refractivity contribution in [3.8, 4) is 0 Å². The van der Waals surface area contributed by atoms with E-state index in [4.69, 9.17) is 0 Å². The molecule has 3 rings (SSSR count). The maximum Gasteiger partial charge on any atom is 0.438 e. The molecular weight excluding hydrogens is 288 g/mol. The normalized spacial score (nSPS) is 22.5. The molecule has 8 heteroatoms. The molecule has 0 aromatic carbocycles. The zero-order valence-electron chi connectivity index (χ0n) is 12.6. The lowest BCUT2D eigenvalue weighted by Crippen LogP contribution is -2.37. The highest BCUT2D eigenvalue weighted by atomic mass is 16.5. The summed E-state index contributed by atoms with van der Waals surface area (Å²) in [6.07, 6.45) is 4.68. The van der Waals surface area contributed by atoms with Gasteiger partial charge >= 0.3 is 5.76 Å². The van der Waals surface area contributed by atoms with E-state index in [9.17, 15) is 14.4 Å². The third-order valence-electron chi connectivity index (χ3n) is 4.52. The molecule has 2 heterocycles. The number of hydrogen-bond acceptors (Lipinski definition) is 5. The van der Waals surface area contributed by atoms with E-state index >= 15 is 0 Å². The molecule has 2 aliphatic rings. The van der Waals surface area contributed by atoms with Crippen LogP contribution in [0.1, 0.15) is 37.9 Å². The van der Waals surface area contributed by atoms with Crippen molar-refractivity contribution in [1.29, 1.82) is 0 Å². The molecule has 1 aliphatic heterocycles. The summed E-state index contributed by atoms with van der Waals surface area (Å²) in [6, 6.07) is 0.308. The number of amides is 2. The molecule has 1 aromatic rings. The topological polar surface area (TPSA) is 99.5 Å². The second-order valence-corrected chi connectivity index (χ2v) is 6.12. The molecule has 1 unspecified atom stereocenters. The Kier molecular flexibility index (Phi) is 4.00. The molecule has 0 radical (unpaired) electrons. The van der Waals surface area contributed by atoms with Gasteiger partial charge in [-0.2, -0.15) is 0 Å². The Bertz CT molecular complexity index is 616. The van der Waals surface area contributed by atoms with Crippen molar-refractivity contribution in [2.75, 3.05) is 13.6 Å². The smallest absolute Gasteiger partial charge is 0.339 e. The van der Waals surface area contributed by atoms with Crippen molar-refractivity contribution in [2.24, 2.45) is 5.92 Å². The molecule has 1 saturated heterocycles. The first kappa shape index (κ1) is 14.8. The quantitative estimate of drug-likeness (QED) is 0.851. The summed E-state index contributed by atoms with van der Waals surface area (Å²) in [7, 11) is 1.64. The van der Waals surface area contributed by atoms with Crippen LogP contribution in [0.4, 0.5) is 0 Å². The highest BCUT2D eigenvalue weighted by Crippen LogP contribution is 2.30. The molecule has 8 nitrogen and oxygen atoms in total. The van der Waals surface area contributed by atoms with Crippen molar-refractivity contribution in [2.45, 2.75) is 44.7 Å². The predicted molar refractivity (Wildman–Crippen MR) is 75.7 cm³/mol. The average molecular weight is 308 g/mol. The van der Waals surface area contributed by atoms with Gasteiger partial charge in [-0.1, -0.05) is 18.0 Å². The predicted octanol–water partition coefficient (Wildman–Crippen LogP) is 0.112. The first-order valence-electron chi connectivity index (χ1n) is 7.64. The molecule has 1 N–H and O–H groups in total. The van der Waals surface area contributed by atoms with Crippen LogP contribution in [0.25, 0.3) is 0 Å². The van der Waals surface area contributed by atoms with Crippen LogP contribution in [-0.2, 0) is 16.1 Å². The van der Waals surface area contributed by atoms with Gasteiger partial charge in [0.1, 0.15) is 0 Å². The Morgan fingerprint density at radius 3 is 2.77 bits per heavy atom. The highest BCUT2D eigenvalue weighted by molar-refractivity contribution is 5.89. The fraction of sp³-hybridized carbons (Fsp3) is 0.714. The number of carbonyl (C=O) groups excluding carboxylic acids is 2. The summed E-state index contributed by atoms with van der Waals surface area (Å²) < 4.78 is 4.41. The molecule has 1 atom stereocenters. The van der Waals surface area contributed by atoms with Crippen LogP contribution in [0.3, 0.4) is 0 Å². The molecule has 2 amide bonds. The fourth-order valence-corrected chi connectivity index (χ4v) is 3.41. The lowest BCUT2D eigenvalue weighted by Gasteiger charge is -2.24. The Balaban J connectivity index is 1.60. The number of H-pyrrole nitrogens is 1. The minimum atomic E-state index is -0.640. The van der Waals surface area contributed by atoms with Gasteiger partial charge in [-0.25, -0.2) is 4.79 Å². The third-order valence-corrected chi connectivity index (χ3v) is 4.52. The molecular formula is C14H20N4O4. The number of aromatic amines is 1. The largest absolute Gasteiger partial charge is 0.438 e. The first-order chi connectivity index (χ1) is 10.5. The minimum Gasteiger partial charge on any atom is -0.339 e. The fourth-order valence-electron chi connectivity index (χ4n) is 3.41. The molecule has 1 aromatic heterocycles. The van der Waals surface area contributed by atoms with E-state index in [-0.39, 0.29) is 30.7 Å². The van der Waals surface area contributed by atoms with E-state index in [0.29, 0.717) is 18.4 Å². The van der Waals surface area contributed by atoms with Gasteiger partial charge in [0, 0.05) is 26.1 Å². The molecule has 0 spiro atoms. The molecule has 2 fully saturated rings. The summed E-state index contributed by atoms with van der Waals surface area (Å²) in [4.78, 5) is 41.3. The van der Waals surface area contributed by atoms with Crippen molar-refractivity contribution >= 4 is 11.8 Å². The van der Waals surface area contributed by atoms with E-state index in [1.807, 2.05) is 4.90 Å². The van der Waals surface area contributed by atoms with Gasteiger partial charge in [0.15, 0.2) is 5.82 Å². The summed E-state index contributed by atoms with van der Waals surface area (Å²) in [6.45, 7) is 0.667. The van der Waals surface area contributed by atoms with Crippen molar-refractivity contribution in [1.82, 2.24) is 19.9 Å². The van der Waals surface area contributed by atoms with Crippen LogP contribution < -0.4 is 5.76 Å². The van der Waals surface area contributed by atoms with Gasteiger partial charge in [0.05, 0.1) is 12.5 Å². The number of likely N-dealkylation sites (tertiary alicyclic amines) is 1. The Hall–Kier alpha value is -2.12. The van der Waals surface area contributed by atoms with Crippen LogP contribution in [0.5, 0.6) is 0 Å². The van der Waals surface area contributed by atoms with Gasteiger partial charge in [0.25, 0.3) is 0 Å². The van der Waals surface area contributed by atoms with E-state index in [2.05, 4.69) is 14.7 Å². The molecule has 1 aliphatic carbocycles. The van der Waals surface area contributed by atoms with Crippen LogP contribution in [0.2, 0.25) is 0 Å². The van der Waals surface area contributed by atoms with E-state index in [1.165, 1.54) is 4.90 Å². The van der Waals surface area contributed by atoms with Crippen molar-refractivity contribution in [3.05, 3.63) is 16.4 Å². The lowest BCUT2D eigenvalue weighted by atomic mass is 10.1. The maximum absolute atomic E-state index is 12.5. The summed E-state index contributed by atoms with van der Waals surface area (Å²) in [5, 5.41) is 3.54. The molecule has 120 valence electrons. The van der Waals surface area contributed by atoms with Crippen molar-refractivity contribution < 1.29 is 14.1 Å². The first-order valence-corrected chi connectivity index (χ1v) is 7.64. The van der Waals surface area contributed by atoms with E-state index in [0.717, 1.165) is 25.7 Å². The molecule has 1 saturated carbocycles. The number of nitrogens with one attached hydrogen (secondary N) is 1. The molecule has 22 heavy (non-hydrogen) atoms. The van der Waals surface area contributed by atoms with Crippen LogP contribution in [-0.4, -0.2) is 51.4 Å². The Morgan fingerprint density at radius 2 is 2.14 bits per heavy atom. The Labute approximate surface area is 127 Å². The number of hydrogen-bond donors (Lipinski definition) is 1. The zero-order valence-corrected chi connectivity index (χ0v) is 12.6. The summed E-state index contributed by atoms with van der Waals surface area (Å²) in [5.74, 6) is -0.667. The Morgan fingerprint density at radius 1 is 1.41 bits per heavy atom. The number of rotatable bonds is 4. The average Bonchev–Trinajstić information content (AvgIpc) is 3.19. The van der Waals surface area contributed by atoms with Crippen LogP contribution in [0.15, 0.2) is 9.32 Å². The van der Waals surface area contributed by atoms with Gasteiger partial charge in [-0.3, -0.25) is 19.1 Å². The van der Waals surface area contributed by atoms with Crippen LogP contribution >= 0.6 is 0 Å². The van der Waals surface area contributed by atoms with Gasteiger partial charge < -0.3 is 9.80 Å². The SMILES string of the molecule is CN(Cc1noc(=O)[nH]1)C(=O)C1CC(=O)N(C2CCCC2)C1. The number of aromatic nitrogens is 2. The summed E-state index contributed by atoms with van der Waals surface area (Å²) in [5.41, 5.74) is 0. The lowest BCUT2D eigenvalue weighted by molar-refractivity contribution is -0.135. The third kappa shape index (κ3) is 2.90. The van der Waals surface area contributed by atoms with E-state index in [1.54, 1.807) is 7.05 Å². The van der Waals surface area contributed by atoms with E-state index < -0.39 is 5.76 Å². The number of nitrogens with zero attached hydrogens (tertiary/aromatic N) is 3. The molecule has 0 bridgehead atoms. The van der Waals surface area contributed by atoms with Gasteiger partial charge in [0.2, 0.25) is 11.8 Å². The van der Waals surface area contributed by atoms with Crippen LogP contribution in [0, 0.1) is 5.92 Å². The van der Waals surface area contributed by atoms with Gasteiger partial charge in [-0.05, 0) is 12.8 Å². The zero-order chi connectivity index (χ0) is 15.7. The number of carbonyl (C=O) groups is 2. The minimum absolute atomic E-state index is 0.0773. The summed E-state index contributed by atoms with van der Waals surface area (Å²) >= 11 is 0. The van der Waals surface area contributed by atoms with Crippen molar-refractivity contribution in [3.63, 3.8) is 0 Å².